The third kappa shape index (κ3) is 5.31. The molecule has 0 saturated carbocycles. The lowest BCUT2D eigenvalue weighted by Gasteiger charge is -2.37. The summed E-state index contributed by atoms with van der Waals surface area (Å²) in [5.74, 6) is 1.58. The second kappa shape index (κ2) is 11.0. The fraction of sp³-hybridized carbons (Fsp3) is 0.379. The van der Waals surface area contributed by atoms with Crippen LogP contribution in [0.4, 0.5) is 11.4 Å². The lowest BCUT2D eigenvalue weighted by atomic mass is 10.1. The van der Waals surface area contributed by atoms with E-state index in [0.29, 0.717) is 12.3 Å². The number of ether oxygens (including phenoxy) is 3. The SMILES string of the molecule is O=[N+]([O-])c1cc([C@@H]2OCCCN2Cc2ccccc2)ccc1N1CCN(Cc2ccc3c(c2)OCO3)CC1. The summed E-state index contributed by atoms with van der Waals surface area (Å²) in [7, 11) is 0. The predicted molar refractivity (Wildman–Crippen MR) is 143 cm³/mol. The topological polar surface area (TPSA) is 80.6 Å². The van der Waals surface area contributed by atoms with Gasteiger partial charge in [-0.15, -0.1) is 0 Å². The monoisotopic (exact) mass is 516 g/mol. The second-order valence-electron chi connectivity index (χ2n) is 9.99. The second-order valence-corrected chi connectivity index (χ2v) is 9.99. The number of nitrogens with zero attached hydrogens (tertiary/aromatic N) is 4. The number of fused-ring (bicyclic) bond motifs is 1. The van der Waals surface area contributed by atoms with Gasteiger partial charge in [-0.25, -0.2) is 0 Å². The van der Waals surface area contributed by atoms with Crippen LogP contribution >= 0.6 is 0 Å². The van der Waals surface area contributed by atoms with Gasteiger partial charge in [0.15, 0.2) is 11.5 Å². The molecule has 3 aliphatic heterocycles. The van der Waals surface area contributed by atoms with Crippen LogP contribution in [0.2, 0.25) is 0 Å². The average Bonchev–Trinajstić information content (AvgIpc) is 3.42. The van der Waals surface area contributed by atoms with Gasteiger partial charge in [0, 0.05) is 57.4 Å². The molecule has 3 heterocycles. The summed E-state index contributed by atoms with van der Waals surface area (Å²) in [5, 5.41) is 12.2. The molecule has 0 radical (unpaired) electrons. The van der Waals surface area contributed by atoms with Gasteiger partial charge in [-0.05, 0) is 35.7 Å². The van der Waals surface area contributed by atoms with Gasteiger partial charge in [0.05, 0.1) is 11.5 Å². The lowest BCUT2D eigenvalue weighted by Crippen LogP contribution is -2.46. The summed E-state index contributed by atoms with van der Waals surface area (Å²) in [6.45, 7) is 6.46. The Kier molecular flexibility index (Phi) is 7.13. The third-order valence-electron chi connectivity index (χ3n) is 7.46. The molecule has 198 valence electrons. The third-order valence-corrected chi connectivity index (χ3v) is 7.46. The van der Waals surface area contributed by atoms with Gasteiger partial charge >= 0.3 is 0 Å². The van der Waals surface area contributed by atoms with Crippen molar-refractivity contribution in [2.45, 2.75) is 25.7 Å². The Hall–Kier alpha value is -3.66. The number of hydrogen-bond acceptors (Lipinski definition) is 8. The first-order valence-electron chi connectivity index (χ1n) is 13.2. The van der Waals surface area contributed by atoms with Gasteiger partial charge in [-0.3, -0.25) is 19.9 Å². The summed E-state index contributed by atoms with van der Waals surface area (Å²) < 4.78 is 17.0. The zero-order valence-corrected chi connectivity index (χ0v) is 21.3. The van der Waals surface area contributed by atoms with E-state index in [2.05, 4.69) is 32.9 Å². The van der Waals surface area contributed by atoms with Crippen LogP contribution in [0, 0.1) is 10.1 Å². The van der Waals surface area contributed by atoms with E-state index in [9.17, 15) is 10.1 Å². The molecule has 6 rings (SSSR count). The molecule has 3 aromatic carbocycles. The predicted octanol–water partition coefficient (Wildman–Crippen LogP) is 4.57. The Morgan fingerprint density at radius 2 is 1.66 bits per heavy atom. The molecule has 0 aromatic heterocycles. The molecule has 2 saturated heterocycles. The molecule has 0 bridgehead atoms. The molecule has 3 aromatic rings. The van der Waals surface area contributed by atoms with E-state index >= 15 is 0 Å². The Morgan fingerprint density at radius 1 is 0.842 bits per heavy atom. The summed E-state index contributed by atoms with van der Waals surface area (Å²) in [4.78, 5) is 18.7. The number of nitro benzene ring substituents is 1. The van der Waals surface area contributed by atoms with Gasteiger partial charge in [0.25, 0.3) is 5.69 Å². The minimum atomic E-state index is -0.296. The van der Waals surface area contributed by atoms with Crippen LogP contribution < -0.4 is 14.4 Å². The number of rotatable bonds is 7. The molecule has 0 unspecified atom stereocenters. The van der Waals surface area contributed by atoms with Gasteiger partial charge in [0.2, 0.25) is 6.79 Å². The first kappa shape index (κ1) is 24.7. The van der Waals surface area contributed by atoms with Crippen molar-refractivity contribution in [3.8, 4) is 11.5 Å². The van der Waals surface area contributed by atoms with E-state index in [1.54, 1.807) is 6.07 Å². The maximum atomic E-state index is 12.2. The largest absolute Gasteiger partial charge is 0.454 e. The van der Waals surface area contributed by atoms with Crippen molar-refractivity contribution in [2.75, 3.05) is 51.0 Å². The van der Waals surface area contributed by atoms with Crippen LogP contribution in [0.25, 0.3) is 0 Å². The van der Waals surface area contributed by atoms with Crippen molar-refractivity contribution in [3.63, 3.8) is 0 Å². The number of nitro groups is 1. The summed E-state index contributed by atoms with van der Waals surface area (Å²) in [6, 6.07) is 21.9. The van der Waals surface area contributed by atoms with Crippen molar-refractivity contribution in [1.29, 1.82) is 0 Å². The highest BCUT2D eigenvalue weighted by molar-refractivity contribution is 5.65. The molecule has 0 amide bonds. The molecule has 9 nitrogen and oxygen atoms in total. The number of piperazine rings is 1. The molecular formula is C29H32N4O5. The number of hydrogen-bond donors (Lipinski definition) is 0. The molecule has 3 aliphatic rings. The quantitative estimate of drug-likeness (QED) is 0.334. The zero-order valence-electron chi connectivity index (χ0n) is 21.3. The van der Waals surface area contributed by atoms with E-state index in [4.69, 9.17) is 14.2 Å². The molecular weight excluding hydrogens is 484 g/mol. The standard InChI is InChI=1S/C29H32N4O5/c34-33(35)26-18-24(29-32(11-4-16-36-29)20-22-5-2-1-3-6-22)8-9-25(26)31-14-12-30(13-15-31)19-23-7-10-27-28(17-23)38-21-37-27/h1-3,5-10,17-18,29H,4,11-16,19-21H2/t29-/m0/s1. The van der Waals surface area contributed by atoms with Crippen LogP contribution in [-0.4, -0.2) is 60.8 Å². The Labute approximate surface area is 222 Å². The first-order valence-corrected chi connectivity index (χ1v) is 13.2. The molecule has 0 aliphatic carbocycles. The smallest absolute Gasteiger partial charge is 0.292 e. The average molecular weight is 517 g/mol. The van der Waals surface area contributed by atoms with Crippen molar-refractivity contribution < 1.29 is 19.1 Å². The number of benzene rings is 3. The normalized spacial score (nSPS) is 20.0. The fourth-order valence-electron chi connectivity index (χ4n) is 5.52. The van der Waals surface area contributed by atoms with Crippen molar-refractivity contribution >= 4 is 11.4 Å². The van der Waals surface area contributed by atoms with Crippen molar-refractivity contribution in [3.05, 3.63) is 93.5 Å². The van der Waals surface area contributed by atoms with Crippen LogP contribution in [0.15, 0.2) is 66.7 Å². The van der Waals surface area contributed by atoms with E-state index in [1.807, 2.05) is 42.5 Å². The Balaban J connectivity index is 1.14. The number of anilines is 1. The molecule has 1 atom stereocenters. The molecule has 2 fully saturated rings. The summed E-state index contributed by atoms with van der Waals surface area (Å²) in [6.07, 6.45) is 0.648. The van der Waals surface area contributed by atoms with Crippen LogP contribution in [0.3, 0.4) is 0 Å². The highest BCUT2D eigenvalue weighted by Crippen LogP contribution is 2.36. The van der Waals surface area contributed by atoms with E-state index in [1.165, 1.54) is 11.1 Å². The summed E-state index contributed by atoms with van der Waals surface area (Å²) in [5.41, 5.74) is 4.02. The van der Waals surface area contributed by atoms with Gasteiger partial charge < -0.3 is 19.1 Å². The van der Waals surface area contributed by atoms with Gasteiger partial charge in [-0.2, -0.15) is 0 Å². The molecule has 0 N–H and O–H groups in total. The van der Waals surface area contributed by atoms with Crippen LogP contribution in [-0.2, 0) is 17.8 Å². The van der Waals surface area contributed by atoms with E-state index < -0.39 is 0 Å². The minimum Gasteiger partial charge on any atom is -0.454 e. The Morgan fingerprint density at radius 3 is 2.47 bits per heavy atom. The Bertz CT molecular complexity index is 1280. The molecule has 0 spiro atoms. The maximum absolute atomic E-state index is 12.2. The van der Waals surface area contributed by atoms with Crippen LogP contribution in [0.1, 0.15) is 29.3 Å². The molecule has 9 heteroatoms. The van der Waals surface area contributed by atoms with Gasteiger partial charge in [0.1, 0.15) is 11.9 Å². The summed E-state index contributed by atoms with van der Waals surface area (Å²) >= 11 is 0. The van der Waals surface area contributed by atoms with Crippen LogP contribution in [0.5, 0.6) is 11.5 Å². The van der Waals surface area contributed by atoms with Crippen molar-refractivity contribution in [2.24, 2.45) is 0 Å². The first-order chi connectivity index (χ1) is 18.6. The van der Waals surface area contributed by atoms with Gasteiger partial charge in [-0.1, -0.05) is 42.5 Å². The van der Waals surface area contributed by atoms with E-state index in [0.717, 1.165) is 69.3 Å². The zero-order chi connectivity index (χ0) is 25.9. The van der Waals surface area contributed by atoms with Crippen molar-refractivity contribution in [1.82, 2.24) is 9.80 Å². The van der Waals surface area contributed by atoms with E-state index in [-0.39, 0.29) is 23.6 Å². The molecule has 38 heavy (non-hydrogen) atoms. The maximum Gasteiger partial charge on any atom is 0.292 e. The minimum absolute atomic E-state index is 0.139. The highest BCUT2D eigenvalue weighted by Gasteiger charge is 2.29. The fourth-order valence-corrected chi connectivity index (χ4v) is 5.52. The highest BCUT2D eigenvalue weighted by atomic mass is 16.7. The lowest BCUT2D eigenvalue weighted by molar-refractivity contribution is -0.384.